The zero-order valence-corrected chi connectivity index (χ0v) is 8.81. The van der Waals surface area contributed by atoms with Crippen LogP contribution in [0.4, 0.5) is 4.39 Å². The Labute approximate surface area is 90.9 Å². The number of benzene rings is 1. The van der Waals surface area contributed by atoms with Gasteiger partial charge in [0.25, 0.3) is 0 Å². The molecule has 0 amide bonds. The summed E-state index contributed by atoms with van der Waals surface area (Å²) in [6.45, 7) is 3.52. The van der Waals surface area contributed by atoms with Gasteiger partial charge in [-0.25, -0.2) is 4.39 Å². The smallest absolute Gasteiger partial charge is 0.176 e. The van der Waals surface area contributed by atoms with Crippen LogP contribution < -0.4 is 0 Å². The summed E-state index contributed by atoms with van der Waals surface area (Å²) in [5, 5.41) is 0.785. The Balaban J connectivity index is 2.47. The number of rotatable bonds is 3. The number of fused-ring (bicyclic) bond motifs is 1. The Morgan fingerprint density at radius 1 is 1.47 bits per heavy atom. The highest BCUT2D eigenvalue weighted by Gasteiger charge is 2.08. The molecule has 1 aromatic heterocycles. The Morgan fingerprint density at radius 3 is 3.00 bits per heavy atom. The molecule has 0 N–H and O–H groups in total. The molecule has 0 unspecified atom stereocenters. The van der Waals surface area contributed by atoms with Crippen molar-refractivity contribution in [3.63, 3.8) is 0 Å². The van der Waals surface area contributed by atoms with Crippen LogP contribution in [0.5, 0.6) is 0 Å². The van der Waals surface area contributed by atoms with Crippen LogP contribution in [-0.4, -0.2) is 5.78 Å². The molecule has 1 aromatic carbocycles. The zero-order valence-electron chi connectivity index (χ0n) is 8.00. The first-order chi connectivity index (χ1) is 7.20. The molecule has 2 rings (SSSR count). The third-order valence-electron chi connectivity index (χ3n) is 2.08. The largest absolute Gasteiger partial charge is 0.293 e. The summed E-state index contributed by atoms with van der Waals surface area (Å²) in [6.07, 6.45) is 1.91. The van der Waals surface area contributed by atoms with E-state index in [1.165, 1.54) is 23.5 Å². The van der Waals surface area contributed by atoms with E-state index in [0.717, 1.165) is 10.1 Å². The minimum atomic E-state index is -0.275. The third kappa shape index (κ3) is 1.97. The first kappa shape index (κ1) is 10.1. The number of ketones is 1. The number of thiophene rings is 1. The highest BCUT2D eigenvalue weighted by molar-refractivity contribution is 7.20. The fourth-order valence-corrected chi connectivity index (χ4v) is 2.38. The molecular formula is C12H9FOS. The minimum Gasteiger partial charge on any atom is -0.293 e. The topological polar surface area (TPSA) is 17.1 Å². The van der Waals surface area contributed by atoms with E-state index in [1.807, 2.05) is 0 Å². The van der Waals surface area contributed by atoms with E-state index in [4.69, 9.17) is 0 Å². The number of allylic oxidation sites excluding steroid dienone is 1. The first-order valence-electron chi connectivity index (χ1n) is 4.54. The summed E-state index contributed by atoms with van der Waals surface area (Å²) in [5.41, 5.74) is 0. The van der Waals surface area contributed by atoms with Gasteiger partial charge < -0.3 is 0 Å². The summed E-state index contributed by atoms with van der Waals surface area (Å²) in [5.74, 6) is -0.241. The molecule has 15 heavy (non-hydrogen) atoms. The van der Waals surface area contributed by atoms with Gasteiger partial charge in [-0.15, -0.1) is 17.9 Å². The summed E-state index contributed by atoms with van der Waals surface area (Å²) < 4.78 is 13.8. The lowest BCUT2D eigenvalue weighted by Crippen LogP contribution is -1.91. The van der Waals surface area contributed by atoms with Crippen molar-refractivity contribution in [2.75, 3.05) is 0 Å². The van der Waals surface area contributed by atoms with Crippen LogP contribution in [0.25, 0.3) is 10.1 Å². The van der Waals surface area contributed by atoms with Crippen LogP contribution in [0, 0.1) is 5.82 Å². The molecule has 1 heterocycles. The molecule has 3 heteroatoms. The number of hydrogen-bond donors (Lipinski definition) is 0. The van der Waals surface area contributed by atoms with Crippen LogP contribution in [0.1, 0.15) is 16.1 Å². The van der Waals surface area contributed by atoms with E-state index < -0.39 is 0 Å². The third-order valence-corrected chi connectivity index (χ3v) is 3.24. The van der Waals surface area contributed by atoms with Gasteiger partial charge in [0.1, 0.15) is 5.82 Å². The fraction of sp³-hybridized carbons (Fsp3) is 0.0833. The number of hydrogen-bond acceptors (Lipinski definition) is 2. The van der Waals surface area contributed by atoms with Gasteiger partial charge in [-0.05, 0) is 29.7 Å². The second-order valence-electron chi connectivity index (χ2n) is 3.21. The van der Waals surface area contributed by atoms with Gasteiger partial charge in [0, 0.05) is 11.1 Å². The van der Waals surface area contributed by atoms with Gasteiger partial charge in [0.15, 0.2) is 5.78 Å². The number of halogens is 1. The summed E-state index contributed by atoms with van der Waals surface area (Å²) in [7, 11) is 0. The van der Waals surface area contributed by atoms with E-state index in [2.05, 4.69) is 6.58 Å². The van der Waals surface area contributed by atoms with E-state index in [9.17, 15) is 9.18 Å². The maximum absolute atomic E-state index is 12.9. The Bertz CT molecular complexity index is 527. The van der Waals surface area contributed by atoms with Gasteiger partial charge in [0.05, 0.1) is 4.88 Å². The van der Waals surface area contributed by atoms with E-state index in [1.54, 1.807) is 18.2 Å². The van der Waals surface area contributed by atoms with Crippen LogP contribution in [0.15, 0.2) is 36.9 Å². The van der Waals surface area contributed by atoms with Crippen molar-refractivity contribution in [3.05, 3.63) is 47.6 Å². The molecule has 1 nitrogen and oxygen atoms in total. The van der Waals surface area contributed by atoms with E-state index in [-0.39, 0.29) is 11.6 Å². The second kappa shape index (κ2) is 3.95. The molecule has 0 aliphatic heterocycles. The standard InChI is InChI=1S/C12H9FOS/c1-2-3-10(14)12-7-8-6-9(13)4-5-11(8)15-12/h2,4-7H,1,3H2. The molecule has 0 fully saturated rings. The van der Waals surface area contributed by atoms with E-state index >= 15 is 0 Å². The molecule has 0 aliphatic carbocycles. The molecule has 2 aromatic rings. The second-order valence-corrected chi connectivity index (χ2v) is 4.29. The highest BCUT2D eigenvalue weighted by Crippen LogP contribution is 2.27. The normalized spacial score (nSPS) is 10.5. The first-order valence-corrected chi connectivity index (χ1v) is 5.35. The van der Waals surface area contributed by atoms with Crippen LogP contribution in [-0.2, 0) is 0 Å². The van der Waals surface area contributed by atoms with Crippen molar-refractivity contribution in [3.8, 4) is 0 Å². The molecule has 0 aliphatic rings. The average molecular weight is 220 g/mol. The van der Waals surface area contributed by atoms with Gasteiger partial charge >= 0.3 is 0 Å². The molecule has 0 atom stereocenters. The zero-order chi connectivity index (χ0) is 10.8. The SMILES string of the molecule is C=CCC(=O)c1cc2cc(F)ccc2s1. The van der Waals surface area contributed by atoms with Crippen molar-refractivity contribution in [1.82, 2.24) is 0 Å². The summed E-state index contributed by atoms with van der Waals surface area (Å²) in [4.78, 5) is 12.2. The Kier molecular flexibility index (Phi) is 2.64. The molecule has 0 bridgehead atoms. The van der Waals surface area contributed by atoms with Crippen LogP contribution >= 0.6 is 11.3 Å². The molecule has 0 radical (unpaired) electrons. The number of Topliss-reactive ketones (excluding diaryl/α,β-unsaturated/α-hetero) is 1. The lowest BCUT2D eigenvalue weighted by atomic mass is 10.2. The van der Waals surface area contributed by atoms with Crippen molar-refractivity contribution < 1.29 is 9.18 Å². The Hall–Kier alpha value is -1.48. The molecule has 0 saturated carbocycles. The van der Waals surface area contributed by atoms with Crippen molar-refractivity contribution >= 4 is 27.2 Å². The van der Waals surface area contributed by atoms with Crippen molar-refractivity contribution in [2.24, 2.45) is 0 Å². The summed E-state index contributed by atoms with van der Waals surface area (Å²) in [6, 6.07) is 6.27. The van der Waals surface area contributed by atoms with E-state index in [0.29, 0.717) is 11.3 Å². The van der Waals surface area contributed by atoms with Gasteiger partial charge in [-0.3, -0.25) is 4.79 Å². The monoisotopic (exact) mass is 220 g/mol. The minimum absolute atomic E-state index is 0.0339. The van der Waals surface area contributed by atoms with Crippen LogP contribution in [0.2, 0.25) is 0 Å². The Morgan fingerprint density at radius 2 is 2.27 bits per heavy atom. The van der Waals surface area contributed by atoms with Crippen LogP contribution in [0.3, 0.4) is 0 Å². The molecular weight excluding hydrogens is 211 g/mol. The predicted molar refractivity (Wildman–Crippen MR) is 60.9 cm³/mol. The molecule has 0 spiro atoms. The average Bonchev–Trinajstić information content (AvgIpc) is 2.60. The fourth-order valence-electron chi connectivity index (χ4n) is 1.38. The summed E-state index contributed by atoms with van der Waals surface area (Å²) >= 11 is 1.39. The number of carbonyl (C=O) groups is 1. The molecule has 0 saturated heterocycles. The quantitative estimate of drug-likeness (QED) is 0.568. The number of carbonyl (C=O) groups excluding carboxylic acids is 1. The van der Waals surface area contributed by atoms with Gasteiger partial charge in [-0.2, -0.15) is 0 Å². The van der Waals surface area contributed by atoms with Crippen molar-refractivity contribution in [2.45, 2.75) is 6.42 Å². The van der Waals surface area contributed by atoms with Crippen molar-refractivity contribution in [1.29, 1.82) is 0 Å². The van der Waals surface area contributed by atoms with Gasteiger partial charge in [-0.1, -0.05) is 6.08 Å². The maximum Gasteiger partial charge on any atom is 0.176 e. The lowest BCUT2D eigenvalue weighted by Gasteiger charge is -1.88. The van der Waals surface area contributed by atoms with Gasteiger partial charge in [0.2, 0.25) is 0 Å². The predicted octanol–water partition coefficient (Wildman–Crippen LogP) is 3.80. The maximum atomic E-state index is 12.9. The lowest BCUT2D eigenvalue weighted by molar-refractivity contribution is 0.1000. The highest BCUT2D eigenvalue weighted by atomic mass is 32.1. The molecule has 76 valence electrons.